The molecule has 196 valence electrons. The molecule has 0 radical (unpaired) electrons. The monoisotopic (exact) mass is 504 g/mol. The maximum Gasteiger partial charge on any atom is 0.166 e. The van der Waals surface area contributed by atoms with Crippen LogP contribution in [0.4, 0.5) is 13.2 Å². The predicted molar refractivity (Wildman–Crippen MR) is 150 cm³/mol. The average Bonchev–Trinajstić information content (AvgIpc) is 2.92. The molecule has 1 atom stereocenters. The number of benzene rings is 3. The molecule has 0 nitrogen and oxygen atoms in total. The van der Waals surface area contributed by atoms with E-state index in [0.29, 0.717) is 23.1 Å². The van der Waals surface area contributed by atoms with Crippen LogP contribution >= 0.6 is 0 Å². The topological polar surface area (TPSA) is 0 Å². The number of hydrogen-bond donors (Lipinski definition) is 0. The lowest BCUT2D eigenvalue weighted by Gasteiger charge is -2.22. The minimum atomic E-state index is -0.811. The summed E-state index contributed by atoms with van der Waals surface area (Å²) in [4.78, 5) is 0. The molecule has 1 aliphatic carbocycles. The van der Waals surface area contributed by atoms with Crippen LogP contribution in [0.1, 0.15) is 89.2 Å². The Morgan fingerprint density at radius 1 is 0.703 bits per heavy atom. The highest BCUT2D eigenvalue weighted by atomic mass is 19.2. The first kappa shape index (κ1) is 27.2. The summed E-state index contributed by atoms with van der Waals surface area (Å²) in [6, 6.07) is 15.9. The number of aryl methyl sites for hydroxylation is 1. The van der Waals surface area contributed by atoms with Crippen molar-refractivity contribution in [1.29, 1.82) is 0 Å². The third kappa shape index (κ3) is 6.74. The molecule has 0 spiro atoms. The van der Waals surface area contributed by atoms with Gasteiger partial charge in [-0.05, 0) is 65.5 Å². The van der Waals surface area contributed by atoms with E-state index in [1.807, 2.05) is 31.2 Å². The average molecular weight is 505 g/mol. The molecule has 0 bridgehead atoms. The van der Waals surface area contributed by atoms with E-state index in [4.69, 9.17) is 0 Å². The number of allylic oxidation sites excluding steroid dienone is 2. The predicted octanol–water partition coefficient (Wildman–Crippen LogP) is 10.9. The number of hydrogen-bond acceptors (Lipinski definition) is 0. The number of halogens is 3. The molecular formula is C34H39F3. The molecule has 0 fully saturated rings. The van der Waals surface area contributed by atoms with Crippen molar-refractivity contribution in [1.82, 2.24) is 0 Å². The molecule has 0 N–H and O–H groups in total. The molecule has 0 saturated carbocycles. The van der Waals surface area contributed by atoms with Crippen molar-refractivity contribution in [3.05, 3.63) is 89.3 Å². The van der Waals surface area contributed by atoms with E-state index in [0.717, 1.165) is 48.3 Å². The van der Waals surface area contributed by atoms with Crippen LogP contribution in [0.3, 0.4) is 0 Å². The van der Waals surface area contributed by atoms with E-state index < -0.39 is 11.6 Å². The Bertz CT molecular complexity index is 1210. The normalized spacial score (nSPS) is 15.6. The number of unbranched alkanes of at least 4 members (excludes halogenated alkanes) is 4. The molecule has 0 aromatic heterocycles. The third-order valence-electron chi connectivity index (χ3n) is 7.76. The van der Waals surface area contributed by atoms with E-state index in [-0.39, 0.29) is 11.4 Å². The van der Waals surface area contributed by atoms with Crippen molar-refractivity contribution in [2.75, 3.05) is 0 Å². The van der Waals surface area contributed by atoms with Gasteiger partial charge in [0.2, 0.25) is 0 Å². The summed E-state index contributed by atoms with van der Waals surface area (Å²) in [5.41, 5.74) is 4.69. The van der Waals surface area contributed by atoms with Crippen LogP contribution in [0, 0.1) is 23.4 Å². The standard InChI is InChI=1S/C34H39F3/c1-3-5-6-7-8-10-24-11-13-26(14-12-24)30-21-20-29(23-32(30)35)25-15-17-27(18-16-25)31-22-19-28(9-4-2)33(36)34(31)37/h13,15-24H,3-12,14H2,1-2H3. The lowest BCUT2D eigenvalue weighted by atomic mass is 9.83. The van der Waals surface area contributed by atoms with Gasteiger partial charge in [0, 0.05) is 11.1 Å². The van der Waals surface area contributed by atoms with Gasteiger partial charge in [-0.1, -0.05) is 113 Å². The largest absolute Gasteiger partial charge is 0.206 e. The minimum Gasteiger partial charge on any atom is -0.206 e. The van der Waals surface area contributed by atoms with Gasteiger partial charge in [-0.3, -0.25) is 0 Å². The molecule has 3 aromatic rings. The van der Waals surface area contributed by atoms with E-state index in [2.05, 4.69) is 13.0 Å². The second-order valence-corrected chi connectivity index (χ2v) is 10.5. The van der Waals surface area contributed by atoms with Crippen LogP contribution in [0.2, 0.25) is 0 Å². The highest BCUT2D eigenvalue weighted by Crippen LogP contribution is 2.35. The maximum absolute atomic E-state index is 15.1. The summed E-state index contributed by atoms with van der Waals surface area (Å²) < 4.78 is 44.2. The van der Waals surface area contributed by atoms with Crippen molar-refractivity contribution < 1.29 is 13.2 Å². The Kier molecular flexibility index (Phi) is 9.66. The summed E-state index contributed by atoms with van der Waals surface area (Å²) in [6.07, 6.45) is 14.5. The summed E-state index contributed by atoms with van der Waals surface area (Å²) in [6.45, 7) is 4.19. The van der Waals surface area contributed by atoms with E-state index in [1.54, 1.807) is 30.3 Å². The van der Waals surface area contributed by atoms with Crippen LogP contribution in [0.25, 0.3) is 27.8 Å². The van der Waals surface area contributed by atoms with Gasteiger partial charge in [0.1, 0.15) is 5.82 Å². The maximum atomic E-state index is 15.1. The van der Waals surface area contributed by atoms with Crippen molar-refractivity contribution >= 4 is 5.57 Å². The molecule has 4 rings (SSSR count). The molecule has 3 heteroatoms. The van der Waals surface area contributed by atoms with Crippen LogP contribution in [0.5, 0.6) is 0 Å². The van der Waals surface area contributed by atoms with Crippen molar-refractivity contribution in [2.45, 2.75) is 84.5 Å². The first-order valence-electron chi connectivity index (χ1n) is 14.1. The molecule has 0 saturated heterocycles. The van der Waals surface area contributed by atoms with Gasteiger partial charge >= 0.3 is 0 Å². The van der Waals surface area contributed by atoms with Crippen LogP contribution < -0.4 is 0 Å². The molecule has 0 aliphatic heterocycles. The SMILES string of the molecule is CCCCCCCC1CC=C(c2ccc(-c3ccc(-c4ccc(CCC)c(F)c4F)cc3)cc2F)CC1. The van der Waals surface area contributed by atoms with Crippen molar-refractivity contribution in [2.24, 2.45) is 5.92 Å². The van der Waals surface area contributed by atoms with Crippen LogP contribution in [0.15, 0.2) is 60.7 Å². The first-order chi connectivity index (χ1) is 18.0. The Balaban J connectivity index is 1.42. The van der Waals surface area contributed by atoms with Crippen molar-refractivity contribution in [3.8, 4) is 22.3 Å². The van der Waals surface area contributed by atoms with Gasteiger partial charge in [-0.2, -0.15) is 0 Å². The molecule has 0 amide bonds. The van der Waals surface area contributed by atoms with Gasteiger partial charge in [0.05, 0.1) is 0 Å². The highest BCUT2D eigenvalue weighted by molar-refractivity contribution is 5.74. The smallest absolute Gasteiger partial charge is 0.166 e. The van der Waals surface area contributed by atoms with E-state index >= 15 is 4.39 Å². The Morgan fingerprint density at radius 2 is 1.41 bits per heavy atom. The molecule has 37 heavy (non-hydrogen) atoms. The van der Waals surface area contributed by atoms with Crippen molar-refractivity contribution in [3.63, 3.8) is 0 Å². The zero-order chi connectivity index (χ0) is 26.2. The fourth-order valence-corrected chi connectivity index (χ4v) is 5.50. The first-order valence-corrected chi connectivity index (χ1v) is 14.1. The highest BCUT2D eigenvalue weighted by Gasteiger charge is 2.18. The third-order valence-corrected chi connectivity index (χ3v) is 7.76. The fraction of sp³-hybridized carbons (Fsp3) is 0.412. The Labute approximate surface area is 220 Å². The summed E-state index contributed by atoms with van der Waals surface area (Å²) in [5, 5.41) is 0. The second kappa shape index (κ2) is 13.1. The zero-order valence-electron chi connectivity index (χ0n) is 22.3. The summed E-state index contributed by atoms with van der Waals surface area (Å²) in [7, 11) is 0. The quantitative estimate of drug-likeness (QED) is 0.228. The van der Waals surface area contributed by atoms with E-state index in [9.17, 15) is 8.78 Å². The lowest BCUT2D eigenvalue weighted by Crippen LogP contribution is -2.06. The number of rotatable bonds is 11. The molecule has 1 aliphatic rings. The summed E-state index contributed by atoms with van der Waals surface area (Å²) in [5.74, 6) is -1.05. The zero-order valence-corrected chi connectivity index (χ0v) is 22.3. The van der Waals surface area contributed by atoms with E-state index in [1.165, 1.54) is 38.5 Å². The fourth-order valence-electron chi connectivity index (χ4n) is 5.50. The lowest BCUT2D eigenvalue weighted by molar-refractivity contribution is 0.423. The second-order valence-electron chi connectivity index (χ2n) is 10.5. The van der Waals surface area contributed by atoms with Gasteiger partial charge < -0.3 is 0 Å². The van der Waals surface area contributed by atoms with Crippen LogP contribution in [-0.4, -0.2) is 0 Å². The molecular weight excluding hydrogens is 465 g/mol. The molecule has 0 heterocycles. The molecule has 3 aromatic carbocycles. The Hall–Kier alpha value is -2.81. The van der Waals surface area contributed by atoms with Gasteiger partial charge in [0.25, 0.3) is 0 Å². The summed E-state index contributed by atoms with van der Waals surface area (Å²) >= 11 is 0. The van der Waals surface area contributed by atoms with Gasteiger partial charge in [-0.25, -0.2) is 13.2 Å². The minimum absolute atomic E-state index is 0.203. The molecule has 1 unspecified atom stereocenters. The van der Waals surface area contributed by atoms with Gasteiger partial charge in [-0.15, -0.1) is 0 Å². The van der Waals surface area contributed by atoms with Gasteiger partial charge in [0.15, 0.2) is 11.6 Å². The Morgan fingerprint density at radius 3 is 2.08 bits per heavy atom. The van der Waals surface area contributed by atoms with Crippen LogP contribution in [-0.2, 0) is 6.42 Å².